The molecule has 4 aliphatic heterocycles. The number of nitrogens with two attached hydrogens (primary N) is 1. The summed E-state index contributed by atoms with van der Waals surface area (Å²) in [6, 6.07) is 4.53. The van der Waals surface area contributed by atoms with Crippen molar-refractivity contribution in [1.29, 1.82) is 0 Å². The van der Waals surface area contributed by atoms with Crippen LogP contribution in [-0.4, -0.2) is 82.5 Å². The van der Waals surface area contributed by atoms with Gasteiger partial charge in [0.2, 0.25) is 17.7 Å². The molecule has 4 heterocycles. The summed E-state index contributed by atoms with van der Waals surface area (Å²) < 4.78 is 0. The summed E-state index contributed by atoms with van der Waals surface area (Å²) in [6.45, 7) is 3.80. The molecule has 1 aromatic carbocycles. The lowest BCUT2D eigenvalue weighted by Crippen LogP contribution is -2.54. The Morgan fingerprint density at radius 3 is 2.38 bits per heavy atom. The number of likely N-dealkylation sites (tertiary alicyclic amines) is 2. The summed E-state index contributed by atoms with van der Waals surface area (Å²) in [4.78, 5) is 68.1. The van der Waals surface area contributed by atoms with Crippen LogP contribution in [0.2, 0.25) is 0 Å². The average molecular weight is 510 g/mol. The lowest BCUT2D eigenvalue weighted by atomic mass is 9.91. The number of amides is 5. The van der Waals surface area contributed by atoms with Crippen molar-refractivity contribution in [3.8, 4) is 0 Å². The molecule has 0 aromatic heterocycles. The molecule has 0 aliphatic carbocycles. The molecule has 198 valence electrons. The Balaban J connectivity index is 1.16. The Kier molecular flexibility index (Phi) is 7.39. The summed E-state index contributed by atoms with van der Waals surface area (Å²) in [7, 11) is 0. The van der Waals surface area contributed by atoms with Crippen LogP contribution in [-0.2, 0) is 20.9 Å². The number of carbonyl (C=O) groups is 5. The van der Waals surface area contributed by atoms with Gasteiger partial charge in [-0.3, -0.25) is 39.1 Å². The van der Waals surface area contributed by atoms with Gasteiger partial charge in [-0.25, -0.2) is 0 Å². The molecule has 3 fully saturated rings. The maximum absolute atomic E-state index is 13.3. The Labute approximate surface area is 216 Å². The van der Waals surface area contributed by atoms with Gasteiger partial charge in [0, 0.05) is 38.5 Å². The second-order valence-electron chi connectivity index (χ2n) is 10.8. The molecule has 37 heavy (non-hydrogen) atoms. The molecule has 10 nitrogen and oxygen atoms in total. The third-order valence-electron chi connectivity index (χ3n) is 8.31. The third-order valence-corrected chi connectivity index (χ3v) is 8.31. The highest BCUT2D eigenvalue weighted by Gasteiger charge is 2.45. The summed E-state index contributed by atoms with van der Waals surface area (Å²) >= 11 is 0. The quantitative estimate of drug-likeness (QED) is 0.547. The number of imide groups is 2. The van der Waals surface area contributed by atoms with Crippen molar-refractivity contribution in [2.75, 3.05) is 26.2 Å². The third kappa shape index (κ3) is 5.31. The summed E-state index contributed by atoms with van der Waals surface area (Å²) in [5.74, 6) is -1.19. The molecule has 10 heteroatoms. The first kappa shape index (κ1) is 25.5. The number of piperidine rings is 3. The molecule has 5 rings (SSSR count). The standard InChI is InChI=1S/C27H35N5O5/c28-19-10-14-31(15-11-19)23(34)7-4-17-8-12-30(13-9-17)16-18-2-1-3-20-24(18)27(37)32(26(20)36)21-5-6-22(33)29-25(21)35/h1-3,17,19,21H,4-16,28H2,(H,29,33,35). The molecule has 5 amide bonds. The Hall–Kier alpha value is -3.11. The predicted octanol–water partition coefficient (Wildman–Crippen LogP) is 1.03. The fraction of sp³-hybridized carbons (Fsp3) is 0.593. The van der Waals surface area contributed by atoms with Crippen LogP contribution in [0.15, 0.2) is 18.2 Å². The molecular formula is C27H35N5O5. The zero-order valence-electron chi connectivity index (χ0n) is 21.1. The SMILES string of the molecule is NC1CCN(C(=O)CCC2CCN(Cc3cccc4c3C(=O)N(C3CCC(=O)NC3=O)C4=O)CC2)CC1. The minimum absolute atomic E-state index is 0.101. The maximum Gasteiger partial charge on any atom is 0.262 e. The number of nitrogens with one attached hydrogen (secondary N) is 1. The molecule has 0 radical (unpaired) electrons. The lowest BCUT2D eigenvalue weighted by Gasteiger charge is -2.33. The van der Waals surface area contributed by atoms with E-state index in [1.165, 1.54) is 0 Å². The van der Waals surface area contributed by atoms with Gasteiger partial charge in [0.25, 0.3) is 11.8 Å². The van der Waals surface area contributed by atoms with Gasteiger partial charge in [-0.1, -0.05) is 12.1 Å². The lowest BCUT2D eigenvalue weighted by molar-refractivity contribution is -0.136. The van der Waals surface area contributed by atoms with E-state index < -0.39 is 23.8 Å². The second kappa shape index (κ2) is 10.7. The zero-order valence-corrected chi connectivity index (χ0v) is 21.1. The normalized spacial score (nSPS) is 24.0. The second-order valence-corrected chi connectivity index (χ2v) is 10.8. The first-order valence-electron chi connectivity index (χ1n) is 13.4. The smallest absolute Gasteiger partial charge is 0.262 e. The summed E-state index contributed by atoms with van der Waals surface area (Å²) in [5, 5.41) is 2.24. The van der Waals surface area contributed by atoms with Crippen molar-refractivity contribution in [2.24, 2.45) is 11.7 Å². The first-order chi connectivity index (χ1) is 17.8. The van der Waals surface area contributed by atoms with E-state index in [9.17, 15) is 24.0 Å². The van der Waals surface area contributed by atoms with E-state index in [4.69, 9.17) is 5.73 Å². The molecular weight excluding hydrogens is 474 g/mol. The van der Waals surface area contributed by atoms with E-state index in [0.29, 0.717) is 30.0 Å². The van der Waals surface area contributed by atoms with Crippen LogP contribution in [0.1, 0.15) is 77.6 Å². The zero-order chi connectivity index (χ0) is 26.1. The van der Waals surface area contributed by atoms with Crippen molar-refractivity contribution in [1.82, 2.24) is 20.0 Å². The fourth-order valence-electron chi connectivity index (χ4n) is 6.03. The van der Waals surface area contributed by atoms with E-state index in [-0.39, 0.29) is 30.7 Å². The highest BCUT2D eigenvalue weighted by molar-refractivity contribution is 6.24. The monoisotopic (exact) mass is 509 g/mol. The van der Waals surface area contributed by atoms with Crippen molar-refractivity contribution in [2.45, 2.75) is 70.0 Å². The highest BCUT2D eigenvalue weighted by Crippen LogP contribution is 2.31. The van der Waals surface area contributed by atoms with Gasteiger partial charge in [-0.2, -0.15) is 0 Å². The Bertz CT molecular complexity index is 1100. The van der Waals surface area contributed by atoms with Crippen LogP contribution < -0.4 is 11.1 Å². The molecule has 1 unspecified atom stereocenters. The molecule has 0 saturated carbocycles. The molecule has 4 aliphatic rings. The van der Waals surface area contributed by atoms with Gasteiger partial charge in [0.05, 0.1) is 11.1 Å². The van der Waals surface area contributed by atoms with E-state index in [0.717, 1.165) is 68.7 Å². The van der Waals surface area contributed by atoms with Crippen molar-refractivity contribution < 1.29 is 24.0 Å². The van der Waals surface area contributed by atoms with Gasteiger partial charge in [0.15, 0.2) is 0 Å². The number of rotatable bonds is 6. The number of hydrogen-bond acceptors (Lipinski definition) is 7. The maximum atomic E-state index is 13.3. The number of hydrogen-bond donors (Lipinski definition) is 2. The topological polar surface area (TPSA) is 133 Å². The van der Waals surface area contributed by atoms with Crippen LogP contribution in [0.3, 0.4) is 0 Å². The minimum atomic E-state index is -0.960. The highest BCUT2D eigenvalue weighted by atomic mass is 16.2. The van der Waals surface area contributed by atoms with Crippen LogP contribution in [0.25, 0.3) is 0 Å². The Morgan fingerprint density at radius 2 is 1.68 bits per heavy atom. The van der Waals surface area contributed by atoms with E-state index in [1.807, 2.05) is 11.0 Å². The average Bonchev–Trinajstić information content (AvgIpc) is 3.14. The number of benzene rings is 1. The van der Waals surface area contributed by atoms with Gasteiger partial charge in [0.1, 0.15) is 6.04 Å². The van der Waals surface area contributed by atoms with Gasteiger partial charge >= 0.3 is 0 Å². The minimum Gasteiger partial charge on any atom is -0.343 e. The van der Waals surface area contributed by atoms with Crippen molar-refractivity contribution in [3.05, 3.63) is 34.9 Å². The molecule has 1 aromatic rings. The molecule has 0 spiro atoms. The largest absolute Gasteiger partial charge is 0.343 e. The predicted molar refractivity (Wildman–Crippen MR) is 134 cm³/mol. The van der Waals surface area contributed by atoms with Crippen LogP contribution >= 0.6 is 0 Å². The van der Waals surface area contributed by atoms with E-state index in [2.05, 4.69) is 10.2 Å². The Morgan fingerprint density at radius 1 is 0.946 bits per heavy atom. The van der Waals surface area contributed by atoms with Gasteiger partial charge in [-0.15, -0.1) is 0 Å². The van der Waals surface area contributed by atoms with Crippen LogP contribution in [0, 0.1) is 5.92 Å². The van der Waals surface area contributed by atoms with Crippen molar-refractivity contribution in [3.63, 3.8) is 0 Å². The molecule has 1 atom stereocenters. The van der Waals surface area contributed by atoms with E-state index >= 15 is 0 Å². The van der Waals surface area contributed by atoms with Crippen molar-refractivity contribution >= 4 is 29.5 Å². The van der Waals surface area contributed by atoms with Gasteiger partial charge in [-0.05, 0) is 69.2 Å². The summed E-state index contributed by atoms with van der Waals surface area (Å²) in [5.41, 5.74) is 7.41. The summed E-state index contributed by atoms with van der Waals surface area (Å²) in [6.07, 6.45) is 5.46. The van der Waals surface area contributed by atoms with Crippen LogP contribution in [0.4, 0.5) is 0 Å². The number of fused-ring (bicyclic) bond motifs is 1. The molecule has 3 saturated heterocycles. The molecule has 3 N–H and O–H groups in total. The van der Waals surface area contributed by atoms with Gasteiger partial charge < -0.3 is 10.6 Å². The van der Waals surface area contributed by atoms with E-state index in [1.54, 1.807) is 12.1 Å². The fourth-order valence-corrected chi connectivity index (χ4v) is 6.03. The van der Waals surface area contributed by atoms with Crippen LogP contribution in [0.5, 0.6) is 0 Å². The first-order valence-corrected chi connectivity index (χ1v) is 13.4. The number of nitrogens with zero attached hydrogens (tertiary/aromatic N) is 3. The number of carbonyl (C=O) groups excluding carboxylic acids is 5. The molecule has 0 bridgehead atoms.